The molecule has 0 saturated heterocycles. The van der Waals surface area contributed by atoms with Gasteiger partial charge in [-0.15, -0.1) is 0 Å². The minimum atomic E-state index is -0.909. The van der Waals surface area contributed by atoms with E-state index in [-0.39, 0.29) is 17.9 Å². The van der Waals surface area contributed by atoms with E-state index in [0.717, 1.165) is 5.56 Å². The van der Waals surface area contributed by atoms with Crippen LogP contribution in [0, 0.1) is 0 Å². The van der Waals surface area contributed by atoms with Crippen LogP contribution in [0.1, 0.15) is 27.9 Å². The van der Waals surface area contributed by atoms with Crippen molar-refractivity contribution in [2.45, 2.75) is 12.6 Å². The lowest BCUT2D eigenvalue weighted by atomic mass is 9.98. The molecule has 0 radical (unpaired) electrons. The molecule has 1 amide bonds. The highest BCUT2D eigenvalue weighted by Crippen LogP contribution is 2.40. The van der Waals surface area contributed by atoms with E-state index in [0.29, 0.717) is 27.4 Å². The van der Waals surface area contributed by atoms with E-state index in [1.807, 2.05) is 0 Å². The first-order valence-corrected chi connectivity index (χ1v) is 10.7. The molecule has 0 fully saturated rings. The Morgan fingerprint density at radius 3 is 2.68 bits per heavy atom. The summed E-state index contributed by atoms with van der Waals surface area (Å²) in [5.74, 6) is -1.64. The Bertz CT molecular complexity index is 1430. The lowest BCUT2D eigenvalue weighted by Crippen LogP contribution is -2.31. The number of carbonyl (C=O) groups is 2. The summed E-state index contributed by atoms with van der Waals surface area (Å²) < 4.78 is 11.1. The number of hydrogen-bond donors (Lipinski definition) is 1. The quantitative estimate of drug-likeness (QED) is 0.404. The van der Waals surface area contributed by atoms with E-state index in [4.69, 9.17) is 20.8 Å². The number of carbonyl (C=O) groups excluding carboxylic acids is 2. The van der Waals surface area contributed by atoms with Crippen LogP contribution in [-0.2, 0) is 11.3 Å². The van der Waals surface area contributed by atoms with Crippen LogP contribution in [-0.4, -0.2) is 38.8 Å². The lowest BCUT2D eigenvalue weighted by Gasteiger charge is -2.25. The molecule has 1 atom stereocenters. The number of ketones is 1. The van der Waals surface area contributed by atoms with Crippen molar-refractivity contribution in [3.63, 3.8) is 0 Å². The number of methoxy groups -OCH3 is 1. The Labute approximate surface area is 199 Å². The molecular weight excluding hydrogens is 458 g/mol. The summed E-state index contributed by atoms with van der Waals surface area (Å²) in [6.45, 7) is 0.146. The van der Waals surface area contributed by atoms with Gasteiger partial charge in [-0.3, -0.25) is 19.6 Å². The number of aliphatic hydroxyl groups is 1. The first-order chi connectivity index (χ1) is 16.5. The van der Waals surface area contributed by atoms with Gasteiger partial charge in [0.2, 0.25) is 5.78 Å². The Kier molecular flexibility index (Phi) is 5.51. The number of nitrogens with zero attached hydrogens (tertiary/aromatic N) is 3. The third-order valence-corrected chi connectivity index (χ3v) is 5.83. The van der Waals surface area contributed by atoms with Gasteiger partial charge in [-0.1, -0.05) is 17.7 Å². The van der Waals surface area contributed by atoms with Crippen LogP contribution in [0.3, 0.4) is 0 Å². The second-order valence-corrected chi connectivity index (χ2v) is 8.11. The van der Waals surface area contributed by atoms with Gasteiger partial charge in [0.25, 0.3) is 5.91 Å². The minimum Gasteiger partial charge on any atom is -0.503 e. The zero-order valence-corrected chi connectivity index (χ0v) is 18.7. The minimum absolute atomic E-state index is 0.0587. The molecule has 4 aromatic rings. The van der Waals surface area contributed by atoms with Gasteiger partial charge in [0.15, 0.2) is 22.9 Å². The van der Waals surface area contributed by atoms with E-state index in [1.165, 1.54) is 18.1 Å². The van der Waals surface area contributed by atoms with Crippen molar-refractivity contribution in [2.75, 3.05) is 7.11 Å². The second-order valence-electron chi connectivity index (χ2n) is 7.67. The van der Waals surface area contributed by atoms with Crippen molar-refractivity contribution < 1.29 is 23.8 Å². The van der Waals surface area contributed by atoms with Crippen molar-refractivity contribution in [3.05, 3.63) is 100 Å². The van der Waals surface area contributed by atoms with Crippen LogP contribution in [0.25, 0.3) is 11.0 Å². The lowest BCUT2D eigenvalue weighted by molar-refractivity contribution is -0.130. The van der Waals surface area contributed by atoms with Gasteiger partial charge in [-0.25, -0.2) is 0 Å². The molecule has 0 spiro atoms. The monoisotopic (exact) mass is 475 g/mol. The molecule has 170 valence electrons. The fourth-order valence-electron chi connectivity index (χ4n) is 4.06. The standard InChI is InChI=1S/C25H18ClN3O5/c1-33-19-12-16(26)10-15-11-18(34-24(15)19)22(30)20-21(17-4-2-3-7-28-17)29(25(32)23(20)31)13-14-5-8-27-9-6-14/h2-12,21,31H,13H2,1H3. The summed E-state index contributed by atoms with van der Waals surface area (Å²) in [6.07, 6.45) is 4.78. The number of aromatic nitrogens is 2. The van der Waals surface area contributed by atoms with Crippen LogP contribution in [0.4, 0.5) is 0 Å². The number of pyridine rings is 2. The molecule has 1 aromatic carbocycles. The molecule has 0 bridgehead atoms. The van der Waals surface area contributed by atoms with E-state index in [2.05, 4.69) is 9.97 Å². The van der Waals surface area contributed by atoms with Crippen molar-refractivity contribution in [1.82, 2.24) is 14.9 Å². The molecule has 8 nitrogen and oxygen atoms in total. The Hall–Kier alpha value is -4.17. The topological polar surface area (TPSA) is 106 Å². The summed E-state index contributed by atoms with van der Waals surface area (Å²) in [5, 5.41) is 11.8. The fraction of sp³-hybridized carbons (Fsp3) is 0.120. The number of furan rings is 1. The second kappa shape index (κ2) is 8.64. The summed E-state index contributed by atoms with van der Waals surface area (Å²) >= 11 is 6.14. The van der Waals surface area contributed by atoms with Crippen LogP contribution in [0.15, 0.2) is 82.9 Å². The van der Waals surface area contributed by atoms with Gasteiger partial charge in [0.05, 0.1) is 18.4 Å². The number of fused-ring (bicyclic) bond motifs is 1. The van der Waals surface area contributed by atoms with Crippen molar-refractivity contribution in [2.24, 2.45) is 0 Å². The molecule has 1 aliphatic rings. The number of amides is 1. The van der Waals surface area contributed by atoms with Crippen LogP contribution in [0.2, 0.25) is 5.02 Å². The van der Waals surface area contributed by atoms with Crippen molar-refractivity contribution >= 4 is 34.3 Å². The number of rotatable bonds is 6. The van der Waals surface area contributed by atoms with Gasteiger partial charge in [0, 0.05) is 41.6 Å². The van der Waals surface area contributed by atoms with E-state index < -0.39 is 23.5 Å². The normalized spacial score (nSPS) is 15.9. The summed E-state index contributed by atoms with van der Waals surface area (Å²) in [7, 11) is 1.47. The predicted molar refractivity (Wildman–Crippen MR) is 124 cm³/mol. The smallest absolute Gasteiger partial charge is 0.290 e. The highest BCUT2D eigenvalue weighted by atomic mass is 35.5. The number of benzene rings is 1. The number of Topliss-reactive ketones (excluding diaryl/α,β-unsaturated/α-hetero) is 1. The molecule has 0 saturated carbocycles. The number of ether oxygens (including phenoxy) is 1. The fourth-order valence-corrected chi connectivity index (χ4v) is 4.28. The highest BCUT2D eigenvalue weighted by Gasteiger charge is 2.45. The van der Waals surface area contributed by atoms with Crippen LogP contribution in [0.5, 0.6) is 5.75 Å². The van der Waals surface area contributed by atoms with Crippen LogP contribution < -0.4 is 4.74 Å². The molecule has 1 N–H and O–H groups in total. The van der Waals surface area contributed by atoms with Gasteiger partial charge in [-0.05, 0) is 42.0 Å². The number of aliphatic hydroxyl groups excluding tert-OH is 1. The van der Waals surface area contributed by atoms with E-state index >= 15 is 0 Å². The molecule has 4 heterocycles. The van der Waals surface area contributed by atoms with Gasteiger partial charge < -0.3 is 19.2 Å². The molecule has 1 unspecified atom stereocenters. The van der Waals surface area contributed by atoms with Gasteiger partial charge in [0.1, 0.15) is 6.04 Å². The third-order valence-electron chi connectivity index (χ3n) is 5.61. The highest BCUT2D eigenvalue weighted by molar-refractivity contribution is 6.31. The maximum absolute atomic E-state index is 13.6. The maximum atomic E-state index is 13.6. The number of hydrogen-bond acceptors (Lipinski definition) is 7. The van der Waals surface area contributed by atoms with E-state index in [9.17, 15) is 14.7 Å². The number of halogens is 1. The Balaban J connectivity index is 1.60. The molecule has 34 heavy (non-hydrogen) atoms. The first-order valence-electron chi connectivity index (χ1n) is 10.3. The summed E-state index contributed by atoms with van der Waals surface area (Å²) in [6, 6.07) is 12.5. The summed E-state index contributed by atoms with van der Waals surface area (Å²) in [4.78, 5) is 36.5. The van der Waals surface area contributed by atoms with Crippen molar-refractivity contribution in [3.8, 4) is 5.75 Å². The van der Waals surface area contributed by atoms with Gasteiger partial charge >= 0.3 is 0 Å². The Morgan fingerprint density at radius 2 is 1.97 bits per heavy atom. The molecule has 9 heteroatoms. The third kappa shape index (κ3) is 3.68. The maximum Gasteiger partial charge on any atom is 0.290 e. The first kappa shape index (κ1) is 21.7. The van der Waals surface area contributed by atoms with Crippen LogP contribution >= 0.6 is 11.6 Å². The van der Waals surface area contributed by atoms with Gasteiger partial charge in [-0.2, -0.15) is 0 Å². The molecule has 0 aliphatic carbocycles. The molecule has 5 rings (SSSR count). The average molecular weight is 476 g/mol. The predicted octanol–water partition coefficient (Wildman–Crippen LogP) is 4.66. The Morgan fingerprint density at radius 1 is 1.18 bits per heavy atom. The zero-order valence-electron chi connectivity index (χ0n) is 17.9. The average Bonchev–Trinajstić information content (AvgIpc) is 3.39. The zero-order chi connectivity index (χ0) is 23.8. The SMILES string of the molecule is COc1cc(Cl)cc2cc(C(=O)C3=C(O)C(=O)N(Cc4ccncc4)C3c3ccccn3)oc12. The largest absolute Gasteiger partial charge is 0.503 e. The summed E-state index contributed by atoms with van der Waals surface area (Å²) in [5.41, 5.74) is 1.45. The molecule has 3 aromatic heterocycles. The van der Waals surface area contributed by atoms with Crippen molar-refractivity contribution in [1.29, 1.82) is 0 Å². The van der Waals surface area contributed by atoms with E-state index in [1.54, 1.807) is 61.1 Å². The molecular formula is C25H18ClN3O5. The molecule has 1 aliphatic heterocycles.